The van der Waals surface area contributed by atoms with Gasteiger partial charge in [0.05, 0.1) is 11.4 Å². The molecule has 0 aliphatic carbocycles. The van der Waals surface area contributed by atoms with E-state index in [9.17, 15) is 9.59 Å². The van der Waals surface area contributed by atoms with E-state index in [1.54, 1.807) is 16.8 Å². The number of nitrogens with one attached hydrogen (secondary N) is 1. The van der Waals surface area contributed by atoms with E-state index in [0.717, 1.165) is 41.9 Å². The normalized spacial score (nSPS) is 11.8. The SMILES string of the molecule is C=CCCCC(C)NC(=O)c1ccc(-n2nc(C)c(CCC(=O)O)c2C)cc1. The van der Waals surface area contributed by atoms with Crippen LogP contribution >= 0.6 is 0 Å². The minimum absolute atomic E-state index is 0.0808. The molecule has 1 amide bonds. The molecule has 28 heavy (non-hydrogen) atoms. The number of amides is 1. The van der Waals surface area contributed by atoms with Crippen LogP contribution in [-0.4, -0.2) is 32.8 Å². The number of aliphatic carboxylic acids is 1. The zero-order valence-electron chi connectivity index (χ0n) is 16.9. The van der Waals surface area contributed by atoms with Crippen LogP contribution in [0.5, 0.6) is 0 Å². The highest BCUT2D eigenvalue weighted by atomic mass is 16.4. The monoisotopic (exact) mass is 383 g/mol. The largest absolute Gasteiger partial charge is 0.481 e. The number of hydrogen-bond donors (Lipinski definition) is 2. The van der Waals surface area contributed by atoms with Gasteiger partial charge in [-0.25, -0.2) is 4.68 Å². The molecule has 6 nitrogen and oxygen atoms in total. The first-order valence-electron chi connectivity index (χ1n) is 9.62. The molecule has 1 heterocycles. The number of carbonyl (C=O) groups is 2. The molecular formula is C22H29N3O3. The number of aromatic nitrogens is 2. The summed E-state index contributed by atoms with van der Waals surface area (Å²) in [6.45, 7) is 9.53. The highest BCUT2D eigenvalue weighted by Crippen LogP contribution is 2.20. The lowest BCUT2D eigenvalue weighted by Gasteiger charge is -2.13. The first kappa shape index (κ1) is 21.4. The summed E-state index contributed by atoms with van der Waals surface area (Å²) >= 11 is 0. The van der Waals surface area contributed by atoms with E-state index in [1.165, 1.54) is 0 Å². The van der Waals surface area contributed by atoms with Gasteiger partial charge in [0.1, 0.15) is 0 Å². The number of benzene rings is 1. The average molecular weight is 383 g/mol. The van der Waals surface area contributed by atoms with Crippen LogP contribution in [0.1, 0.15) is 59.9 Å². The molecule has 0 aliphatic heterocycles. The van der Waals surface area contributed by atoms with E-state index < -0.39 is 5.97 Å². The molecule has 0 fully saturated rings. The van der Waals surface area contributed by atoms with Gasteiger partial charge in [0.2, 0.25) is 0 Å². The molecular weight excluding hydrogens is 354 g/mol. The second kappa shape index (κ2) is 9.88. The molecule has 6 heteroatoms. The van der Waals surface area contributed by atoms with Crippen molar-refractivity contribution < 1.29 is 14.7 Å². The number of carboxylic acids is 1. The molecule has 1 unspecified atom stereocenters. The average Bonchev–Trinajstić information content (AvgIpc) is 2.94. The number of rotatable bonds is 10. The molecule has 2 N–H and O–H groups in total. The molecule has 0 bridgehead atoms. The van der Waals surface area contributed by atoms with Crippen LogP contribution in [0, 0.1) is 13.8 Å². The van der Waals surface area contributed by atoms with E-state index in [2.05, 4.69) is 17.0 Å². The lowest BCUT2D eigenvalue weighted by Crippen LogP contribution is -2.32. The van der Waals surface area contributed by atoms with Gasteiger partial charge in [-0.05, 0) is 76.3 Å². The van der Waals surface area contributed by atoms with Crippen molar-refractivity contribution in [3.8, 4) is 5.69 Å². The van der Waals surface area contributed by atoms with E-state index in [0.29, 0.717) is 12.0 Å². The van der Waals surface area contributed by atoms with Crippen molar-refractivity contribution in [2.75, 3.05) is 0 Å². The maximum absolute atomic E-state index is 12.4. The first-order valence-corrected chi connectivity index (χ1v) is 9.62. The second-order valence-electron chi connectivity index (χ2n) is 7.10. The van der Waals surface area contributed by atoms with Gasteiger partial charge in [0.25, 0.3) is 5.91 Å². The van der Waals surface area contributed by atoms with Crippen molar-refractivity contribution in [2.24, 2.45) is 0 Å². The van der Waals surface area contributed by atoms with Crippen LogP contribution in [0.4, 0.5) is 0 Å². The van der Waals surface area contributed by atoms with Crippen molar-refractivity contribution in [3.05, 3.63) is 59.4 Å². The molecule has 2 rings (SSSR count). The molecule has 0 aliphatic rings. The fraction of sp³-hybridized carbons (Fsp3) is 0.409. The van der Waals surface area contributed by atoms with E-state index in [-0.39, 0.29) is 18.4 Å². The molecule has 1 atom stereocenters. The summed E-state index contributed by atoms with van der Waals surface area (Å²) in [4.78, 5) is 23.3. The third-order valence-corrected chi connectivity index (χ3v) is 4.83. The summed E-state index contributed by atoms with van der Waals surface area (Å²) in [7, 11) is 0. The zero-order chi connectivity index (χ0) is 20.7. The Balaban J connectivity index is 2.08. The number of carbonyl (C=O) groups excluding carboxylic acids is 1. The van der Waals surface area contributed by atoms with Gasteiger partial charge in [0.15, 0.2) is 0 Å². The molecule has 0 saturated carbocycles. The molecule has 0 radical (unpaired) electrons. The van der Waals surface area contributed by atoms with Gasteiger partial charge in [-0.2, -0.15) is 5.10 Å². The van der Waals surface area contributed by atoms with Gasteiger partial charge < -0.3 is 10.4 Å². The number of nitrogens with zero attached hydrogens (tertiary/aromatic N) is 2. The Morgan fingerprint density at radius 3 is 2.57 bits per heavy atom. The molecule has 1 aromatic heterocycles. The van der Waals surface area contributed by atoms with Crippen LogP contribution in [-0.2, 0) is 11.2 Å². The fourth-order valence-corrected chi connectivity index (χ4v) is 3.22. The quantitative estimate of drug-likeness (QED) is 0.480. The summed E-state index contributed by atoms with van der Waals surface area (Å²) in [5, 5.41) is 16.5. The third kappa shape index (κ3) is 5.55. The number of carboxylic acid groups (broad SMARTS) is 1. The third-order valence-electron chi connectivity index (χ3n) is 4.83. The van der Waals surface area contributed by atoms with Gasteiger partial charge in [-0.15, -0.1) is 6.58 Å². The summed E-state index contributed by atoms with van der Waals surface area (Å²) < 4.78 is 1.80. The predicted octanol–water partition coefficient (Wildman–Crippen LogP) is 3.98. The fourth-order valence-electron chi connectivity index (χ4n) is 3.22. The van der Waals surface area contributed by atoms with Gasteiger partial charge >= 0.3 is 5.97 Å². The van der Waals surface area contributed by atoms with Crippen molar-refractivity contribution in [1.29, 1.82) is 0 Å². The van der Waals surface area contributed by atoms with Gasteiger partial charge in [-0.3, -0.25) is 9.59 Å². The van der Waals surface area contributed by atoms with Crippen LogP contribution in [0.25, 0.3) is 5.69 Å². The zero-order valence-corrected chi connectivity index (χ0v) is 16.9. The maximum atomic E-state index is 12.4. The number of allylic oxidation sites excluding steroid dienone is 1. The van der Waals surface area contributed by atoms with E-state index in [4.69, 9.17) is 5.11 Å². The Morgan fingerprint density at radius 2 is 1.96 bits per heavy atom. The standard InChI is InChI=1S/C22H29N3O3/c1-5-6-7-8-15(2)23-22(28)18-9-11-19(12-10-18)25-17(4)20(16(3)24-25)13-14-21(26)27/h5,9-12,15H,1,6-8,13-14H2,2-4H3,(H,23,28)(H,26,27). The van der Waals surface area contributed by atoms with Crippen LogP contribution in [0.3, 0.4) is 0 Å². The smallest absolute Gasteiger partial charge is 0.303 e. The number of hydrogen-bond acceptors (Lipinski definition) is 3. The van der Waals surface area contributed by atoms with E-state index in [1.807, 2.05) is 39.0 Å². The number of aryl methyl sites for hydroxylation is 1. The minimum Gasteiger partial charge on any atom is -0.481 e. The van der Waals surface area contributed by atoms with Crippen molar-refractivity contribution in [2.45, 2.75) is 58.9 Å². The van der Waals surface area contributed by atoms with E-state index >= 15 is 0 Å². The highest BCUT2D eigenvalue weighted by Gasteiger charge is 2.15. The summed E-state index contributed by atoms with van der Waals surface area (Å²) in [6.07, 6.45) is 5.30. The molecule has 0 saturated heterocycles. The summed E-state index contributed by atoms with van der Waals surface area (Å²) in [6, 6.07) is 7.40. The van der Waals surface area contributed by atoms with Crippen LogP contribution in [0.15, 0.2) is 36.9 Å². The molecule has 2 aromatic rings. The van der Waals surface area contributed by atoms with Crippen molar-refractivity contribution >= 4 is 11.9 Å². The molecule has 1 aromatic carbocycles. The van der Waals surface area contributed by atoms with Crippen LogP contribution < -0.4 is 5.32 Å². The lowest BCUT2D eigenvalue weighted by molar-refractivity contribution is -0.136. The summed E-state index contributed by atoms with van der Waals surface area (Å²) in [5.41, 5.74) is 4.16. The lowest BCUT2D eigenvalue weighted by atomic mass is 10.1. The molecule has 150 valence electrons. The summed E-state index contributed by atoms with van der Waals surface area (Å²) in [5.74, 6) is -0.909. The van der Waals surface area contributed by atoms with Gasteiger partial charge in [-0.1, -0.05) is 6.08 Å². The maximum Gasteiger partial charge on any atom is 0.303 e. The van der Waals surface area contributed by atoms with Gasteiger partial charge in [0, 0.05) is 23.7 Å². The van der Waals surface area contributed by atoms with Crippen molar-refractivity contribution in [1.82, 2.24) is 15.1 Å². The Kier molecular flexibility index (Phi) is 7.55. The number of unbranched alkanes of at least 4 members (excludes halogenated alkanes) is 1. The molecule has 0 spiro atoms. The first-order chi connectivity index (χ1) is 13.3. The highest BCUT2D eigenvalue weighted by molar-refractivity contribution is 5.94. The van der Waals surface area contributed by atoms with Crippen molar-refractivity contribution in [3.63, 3.8) is 0 Å². The Morgan fingerprint density at radius 1 is 1.29 bits per heavy atom. The minimum atomic E-state index is -0.819. The predicted molar refractivity (Wildman–Crippen MR) is 110 cm³/mol. The Hall–Kier alpha value is -2.89. The Bertz CT molecular complexity index is 837. The Labute approximate surface area is 166 Å². The van der Waals surface area contributed by atoms with Crippen LogP contribution in [0.2, 0.25) is 0 Å². The topological polar surface area (TPSA) is 84.2 Å². The second-order valence-corrected chi connectivity index (χ2v) is 7.10.